The molecular formula is C20H25N7O. The van der Waals surface area contributed by atoms with Crippen LogP contribution in [-0.4, -0.2) is 33.6 Å². The van der Waals surface area contributed by atoms with Gasteiger partial charge in [-0.05, 0) is 56.5 Å². The highest BCUT2D eigenvalue weighted by molar-refractivity contribution is 5.76. The molecular weight excluding hydrogens is 354 g/mol. The van der Waals surface area contributed by atoms with Crippen molar-refractivity contribution in [2.45, 2.75) is 31.7 Å². The largest absolute Gasteiger partial charge is 0.370 e. The Hall–Kier alpha value is -3.13. The molecule has 0 bridgehead atoms. The first-order valence-corrected chi connectivity index (χ1v) is 9.47. The van der Waals surface area contributed by atoms with Gasteiger partial charge in [-0.2, -0.15) is 4.98 Å². The number of nitrogens with two attached hydrogens (primary N) is 2. The van der Waals surface area contributed by atoms with Crippen LogP contribution in [-0.2, 0) is 5.54 Å². The Bertz CT molecular complexity index is 1070. The van der Waals surface area contributed by atoms with E-state index in [-0.39, 0.29) is 17.2 Å². The van der Waals surface area contributed by atoms with Crippen molar-refractivity contribution in [2.75, 3.05) is 13.1 Å². The lowest BCUT2D eigenvalue weighted by Crippen LogP contribution is -2.30. The molecule has 3 aromatic rings. The molecule has 2 aromatic heterocycles. The average molecular weight is 379 g/mol. The number of hydrogen-bond donors (Lipinski definition) is 4. The first kappa shape index (κ1) is 18.2. The fourth-order valence-electron chi connectivity index (χ4n) is 3.56. The van der Waals surface area contributed by atoms with Gasteiger partial charge in [-0.25, -0.2) is 4.79 Å². The van der Waals surface area contributed by atoms with Gasteiger partial charge in [-0.1, -0.05) is 12.1 Å². The minimum absolute atomic E-state index is 0.0292. The van der Waals surface area contributed by atoms with Crippen molar-refractivity contribution in [3.05, 3.63) is 58.3 Å². The lowest BCUT2D eigenvalue weighted by atomic mass is 10.0. The molecule has 8 nitrogen and oxygen atoms in total. The third-order valence-corrected chi connectivity index (χ3v) is 5.18. The number of fused-ring (bicyclic) bond motifs is 1. The maximum absolute atomic E-state index is 12.4. The molecule has 1 aliphatic carbocycles. The van der Waals surface area contributed by atoms with E-state index in [1.165, 1.54) is 5.56 Å². The molecule has 2 heterocycles. The fourth-order valence-corrected chi connectivity index (χ4v) is 3.56. The zero-order valence-electron chi connectivity index (χ0n) is 15.9. The third kappa shape index (κ3) is 3.63. The number of aryl methyl sites for hydroxylation is 1. The topological polar surface area (TPSA) is 127 Å². The molecule has 0 radical (unpaired) electrons. The Kier molecular flexibility index (Phi) is 4.64. The molecule has 1 aromatic carbocycles. The molecule has 0 unspecified atom stereocenters. The van der Waals surface area contributed by atoms with Crippen LogP contribution in [0.2, 0.25) is 0 Å². The van der Waals surface area contributed by atoms with Gasteiger partial charge in [0, 0.05) is 29.4 Å². The summed E-state index contributed by atoms with van der Waals surface area (Å²) in [6.45, 7) is 3.43. The van der Waals surface area contributed by atoms with Crippen LogP contribution in [0.15, 0.2) is 46.3 Å². The molecule has 0 spiro atoms. The fraction of sp³-hybridized carbons (Fsp3) is 0.350. The summed E-state index contributed by atoms with van der Waals surface area (Å²) in [6.07, 6.45) is 4.92. The van der Waals surface area contributed by atoms with E-state index in [0.717, 1.165) is 42.6 Å². The van der Waals surface area contributed by atoms with E-state index in [0.29, 0.717) is 12.2 Å². The molecule has 28 heavy (non-hydrogen) atoms. The molecule has 0 aliphatic heterocycles. The van der Waals surface area contributed by atoms with Gasteiger partial charge in [-0.3, -0.25) is 9.56 Å². The molecule has 0 saturated heterocycles. The van der Waals surface area contributed by atoms with E-state index in [1.54, 1.807) is 4.57 Å². The van der Waals surface area contributed by atoms with Crippen molar-refractivity contribution in [3.63, 3.8) is 0 Å². The second-order valence-corrected chi connectivity index (χ2v) is 7.37. The van der Waals surface area contributed by atoms with Gasteiger partial charge in [0.2, 0.25) is 0 Å². The third-order valence-electron chi connectivity index (χ3n) is 5.18. The van der Waals surface area contributed by atoms with E-state index < -0.39 is 0 Å². The Morgan fingerprint density at radius 2 is 2.07 bits per heavy atom. The number of nitrogens with zero attached hydrogens (tertiary/aromatic N) is 3. The maximum Gasteiger partial charge on any atom is 0.354 e. The number of guanidine groups is 1. The molecule has 0 amide bonds. The number of aromatic nitrogens is 3. The van der Waals surface area contributed by atoms with Crippen molar-refractivity contribution in [1.29, 1.82) is 0 Å². The monoisotopic (exact) mass is 379 g/mol. The normalized spacial score (nSPS) is 14.9. The first-order valence-electron chi connectivity index (χ1n) is 9.47. The highest BCUT2D eigenvalue weighted by Gasteiger charge is 2.43. The summed E-state index contributed by atoms with van der Waals surface area (Å²) < 4.78 is 1.58. The number of nitrogens with one attached hydrogen (secondary N) is 2. The van der Waals surface area contributed by atoms with Gasteiger partial charge >= 0.3 is 5.69 Å². The molecule has 1 saturated carbocycles. The molecule has 146 valence electrons. The van der Waals surface area contributed by atoms with Gasteiger partial charge < -0.3 is 21.8 Å². The first-order chi connectivity index (χ1) is 13.5. The van der Waals surface area contributed by atoms with Crippen molar-refractivity contribution in [1.82, 2.24) is 19.9 Å². The predicted molar refractivity (Wildman–Crippen MR) is 111 cm³/mol. The number of rotatable bonds is 7. The zero-order valence-corrected chi connectivity index (χ0v) is 15.9. The van der Waals surface area contributed by atoms with Crippen LogP contribution in [0.25, 0.3) is 16.7 Å². The summed E-state index contributed by atoms with van der Waals surface area (Å²) in [5.41, 5.74) is 14.1. The van der Waals surface area contributed by atoms with E-state index >= 15 is 0 Å². The standard InChI is InChI=1S/C20H25N7O/c1-13-11-14-12-27(19(28)26-17(14)25-13)16-5-3-15(4-6-16)20(7-8-20)24-10-2-9-23-18(21)22/h3-6,11-12,24H,2,7-10H2,1H3,(H4,21,22,23)(H,25,26,28). The highest BCUT2D eigenvalue weighted by atomic mass is 16.1. The van der Waals surface area contributed by atoms with E-state index in [9.17, 15) is 4.79 Å². The number of aromatic amines is 1. The summed E-state index contributed by atoms with van der Waals surface area (Å²) in [7, 11) is 0. The highest BCUT2D eigenvalue weighted by Crippen LogP contribution is 2.45. The summed E-state index contributed by atoms with van der Waals surface area (Å²) in [5, 5.41) is 4.54. The molecule has 0 atom stereocenters. The zero-order chi connectivity index (χ0) is 19.7. The van der Waals surface area contributed by atoms with E-state index in [4.69, 9.17) is 11.5 Å². The summed E-state index contributed by atoms with van der Waals surface area (Å²) >= 11 is 0. The summed E-state index contributed by atoms with van der Waals surface area (Å²) in [5.74, 6) is 0.134. The van der Waals surface area contributed by atoms with Gasteiger partial charge in [0.1, 0.15) is 5.65 Å². The number of H-pyrrole nitrogens is 1. The number of hydrogen-bond acceptors (Lipinski definition) is 4. The van der Waals surface area contributed by atoms with E-state index in [2.05, 4.69) is 32.4 Å². The Balaban J connectivity index is 1.49. The van der Waals surface area contributed by atoms with Crippen molar-refractivity contribution < 1.29 is 0 Å². The predicted octanol–water partition coefficient (Wildman–Crippen LogP) is 1.26. The molecule has 8 heteroatoms. The quantitative estimate of drug-likeness (QED) is 0.279. The Morgan fingerprint density at radius 3 is 2.75 bits per heavy atom. The lowest BCUT2D eigenvalue weighted by Gasteiger charge is -2.18. The van der Waals surface area contributed by atoms with Crippen molar-refractivity contribution in [2.24, 2.45) is 16.5 Å². The Morgan fingerprint density at radius 1 is 1.32 bits per heavy atom. The second kappa shape index (κ2) is 7.12. The number of benzene rings is 1. The molecule has 1 aliphatic rings. The number of aliphatic imine (C=N–C) groups is 1. The SMILES string of the molecule is Cc1cc2cn(-c3ccc(C4(NCCCN=C(N)N)CC4)cc3)c(=O)nc2[nH]1. The molecule has 6 N–H and O–H groups in total. The molecule has 4 rings (SSSR count). The molecule has 1 fully saturated rings. The van der Waals surface area contributed by atoms with Crippen LogP contribution in [0.4, 0.5) is 0 Å². The average Bonchev–Trinajstić information content (AvgIpc) is 3.36. The van der Waals surface area contributed by atoms with Gasteiger partial charge in [0.05, 0.1) is 5.69 Å². The van der Waals surface area contributed by atoms with Gasteiger partial charge in [0.15, 0.2) is 5.96 Å². The van der Waals surface area contributed by atoms with Crippen LogP contribution >= 0.6 is 0 Å². The van der Waals surface area contributed by atoms with E-state index in [1.807, 2.05) is 31.3 Å². The summed E-state index contributed by atoms with van der Waals surface area (Å²) in [4.78, 5) is 23.6. The minimum Gasteiger partial charge on any atom is -0.370 e. The second-order valence-electron chi connectivity index (χ2n) is 7.37. The Labute approximate surface area is 162 Å². The van der Waals surface area contributed by atoms with Crippen LogP contribution in [0.3, 0.4) is 0 Å². The van der Waals surface area contributed by atoms with Gasteiger partial charge in [0.25, 0.3) is 0 Å². The maximum atomic E-state index is 12.4. The van der Waals surface area contributed by atoms with Crippen LogP contribution in [0.5, 0.6) is 0 Å². The van der Waals surface area contributed by atoms with Gasteiger partial charge in [-0.15, -0.1) is 0 Å². The van der Waals surface area contributed by atoms with Crippen molar-refractivity contribution >= 4 is 17.0 Å². The van der Waals surface area contributed by atoms with Crippen LogP contribution < -0.4 is 22.5 Å². The van der Waals surface area contributed by atoms with Crippen molar-refractivity contribution in [3.8, 4) is 5.69 Å². The minimum atomic E-state index is -0.291. The lowest BCUT2D eigenvalue weighted by molar-refractivity contribution is 0.512. The van der Waals surface area contributed by atoms with Crippen LogP contribution in [0, 0.1) is 6.92 Å². The van der Waals surface area contributed by atoms with Crippen LogP contribution in [0.1, 0.15) is 30.5 Å². The summed E-state index contributed by atoms with van der Waals surface area (Å²) in [6, 6.07) is 10.1. The smallest absolute Gasteiger partial charge is 0.354 e.